The van der Waals surface area contributed by atoms with Gasteiger partial charge in [0.15, 0.2) is 0 Å². The van der Waals surface area contributed by atoms with Gasteiger partial charge in [-0.25, -0.2) is 4.79 Å². The Morgan fingerprint density at radius 2 is 2.00 bits per heavy atom. The van der Waals surface area contributed by atoms with Crippen molar-refractivity contribution in [3.63, 3.8) is 0 Å². The van der Waals surface area contributed by atoms with E-state index in [1.165, 1.54) is 0 Å². The molecule has 5 nitrogen and oxygen atoms in total. The molecule has 0 aliphatic rings. The summed E-state index contributed by atoms with van der Waals surface area (Å²) in [4.78, 5) is 11.4. The summed E-state index contributed by atoms with van der Waals surface area (Å²) in [6.45, 7) is 7.85. The maximum absolute atomic E-state index is 11.4. The topological polar surface area (TPSA) is 72.6 Å². The summed E-state index contributed by atoms with van der Waals surface area (Å²) >= 11 is 0. The van der Waals surface area contributed by atoms with Crippen LogP contribution in [0.3, 0.4) is 0 Å². The van der Waals surface area contributed by atoms with Gasteiger partial charge in [0.1, 0.15) is 22.8 Å². The number of hydrogen-bond acceptors (Lipinski definition) is 4. The smallest absolute Gasteiger partial charge is 0.341 e. The molecule has 21 heavy (non-hydrogen) atoms. The number of benzene rings is 1. The van der Waals surface area contributed by atoms with Crippen molar-refractivity contribution in [3.8, 4) is 17.0 Å². The summed E-state index contributed by atoms with van der Waals surface area (Å²) in [6, 6.07) is 5.70. The van der Waals surface area contributed by atoms with E-state index in [0.717, 1.165) is 5.56 Å². The summed E-state index contributed by atoms with van der Waals surface area (Å²) in [5.74, 6) is -0.216. The lowest BCUT2D eigenvalue weighted by molar-refractivity contribution is 0.0696. The number of aryl methyl sites for hydroxylation is 1. The molecule has 0 aliphatic heterocycles. The van der Waals surface area contributed by atoms with Crippen LogP contribution in [0.4, 0.5) is 0 Å². The van der Waals surface area contributed by atoms with Gasteiger partial charge in [0.2, 0.25) is 0 Å². The zero-order valence-corrected chi connectivity index (χ0v) is 12.9. The molecule has 0 amide bonds. The van der Waals surface area contributed by atoms with E-state index in [4.69, 9.17) is 9.26 Å². The molecule has 1 heterocycles. The Labute approximate surface area is 123 Å². The molecule has 0 aliphatic carbocycles. The van der Waals surface area contributed by atoms with Gasteiger partial charge in [-0.05, 0) is 30.0 Å². The second-order valence-corrected chi connectivity index (χ2v) is 5.93. The lowest BCUT2D eigenvalue weighted by atomic mass is 9.85. The molecule has 0 saturated carbocycles. The largest absolute Gasteiger partial charge is 0.496 e. The summed E-state index contributed by atoms with van der Waals surface area (Å²) < 4.78 is 10.4. The van der Waals surface area contributed by atoms with Crippen LogP contribution in [0.1, 0.15) is 42.5 Å². The Kier molecular flexibility index (Phi) is 3.77. The Morgan fingerprint density at radius 3 is 2.52 bits per heavy atom. The predicted octanol–water partition coefficient (Wildman–Crippen LogP) is 3.65. The van der Waals surface area contributed by atoms with Crippen LogP contribution in [0.25, 0.3) is 11.3 Å². The molecule has 5 heteroatoms. The van der Waals surface area contributed by atoms with Crippen LogP contribution in [-0.4, -0.2) is 23.3 Å². The van der Waals surface area contributed by atoms with Gasteiger partial charge >= 0.3 is 5.97 Å². The number of methoxy groups -OCH3 is 1. The lowest BCUT2D eigenvalue weighted by Crippen LogP contribution is -2.11. The average Bonchev–Trinajstić information content (AvgIpc) is 2.78. The molecule has 0 fully saturated rings. The quantitative estimate of drug-likeness (QED) is 0.933. The van der Waals surface area contributed by atoms with Gasteiger partial charge in [0, 0.05) is 5.56 Å². The molecule has 1 aromatic heterocycles. The van der Waals surface area contributed by atoms with E-state index in [9.17, 15) is 9.90 Å². The summed E-state index contributed by atoms with van der Waals surface area (Å²) in [5.41, 5.74) is 1.99. The third-order valence-electron chi connectivity index (χ3n) is 3.40. The monoisotopic (exact) mass is 289 g/mol. The molecular formula is C16H19NO4. The Balaban J connectivity index is 2.70. The van der Waals surface area contributed by atoms with Gasteiger partial charge in [-0.2, -0.15) is 0 Å². The molecule has 2 aromatic rings. The zero-order valence-electron chi connectivity index (χ0n) is 12.9. The van der Waals surface area contributed by atoms with Crippen LogP contribution in [0.15, 0.2) is 22.7 Å². The Hall–Kier alpha value is -2.30. The number of carboxylic acid groups (broad SMARTS) is 1. The van der Waals surface area contributed by atoms with E-state index in [1.807, 2.05) is 18.2 Å². The van der Waals surface area contributed by atoms with Crippen LogP contribution in [0.5, 0.6) is 5.75 Å². The highest BCUT2D eigenvalue weighted by Crippen LogP contribution is 2.36. The van der Waals surface area contributed by atoms with Crippen molar-refractivity contribution in [1.82, 2.24) is 5.16 Å². The molecule has 2 rings (SSSR count). The van der Waals surface area contributed by atoms with Gasteiger partial charge in [0.25, 0.3) is 0 Å². The SMILES string of the molecule is COc1ccc(C(C)(C)C)cc1-c1noc(C)c1C(=O)O. The van der Waals surface area contributed by atoms with E-state index in [2.05, 4.69) is 25.9 Å². The Morgan fingerprint density at radius 1 is 1.33 bits per heavy atom. The standard InChI is InChI=1S/C16H19NO4/c1-9-13(15(18)19)14(17-21-9)11-8-10(16(2,3)4)6-7-12(11)20-5/h6-8H,1-5H3,(H,18,19). The number of ether oxygens (including phenoxy) is 1. The fourth-order valence-corrected chi connectivity index (χ4v) is 2.17. The number of aromatic nitrogens is 1. The number of aromatic carboxylic acids is 1. The molecule has 0 radical (unpaired) electrons. The number of rotatable bonds is 3. The van der Waals surface area contributed by atoms with Crippen molar-refractivity contribution in [2.75, 3.05) is 7.11 Å². The number of hydrogen-bond donors (Lipinski definition) is 1. The van der Waals surface area contributed by atoms with Gasteiger partial charge in [-0.1, -0.05) is 32.0 Å². The van der Waals surface area contributed by atoms with Crippen LogP contribution in [0, 0.1) is 6.92 Å². The van der Waals surface area contributed by atoms with E-state index in [1.54, 1.807) is 14.0 Å². The van der Waals surface area contributed by atoms with Crippen molar-refractivity contribution in [2.45, 2.75) is 33.1 Å². The van der Waals surface area contributed by atoms with E-state index in [-0.39, 0.29) is 16.7 Å². The first-order valence-electron chi connectivity index (χ1n) is 6.64. The van der Waals surface area contributed by atoms with Crippen molar-refractivity contribution in [1.29, 1.82) is 0 Å². The average molecular weight is 289 g/mol. The number of carbonyl (C=O) groups is 1. The summed E-state index contributed by atoms with van der Waals surface area (Å²) in [6.07, 6.45) is 0. The highest BCUT2D eigenvalue weighted by molar-refractivity contribution is 5.96. The fraction of sp³-hybridized carbons (Fsp3) is 0.375. The predicted molar refractivity (Wildman–Crippen MR) is 78.9 cm³/mol. The maximum Gasteiger partial charge on any atom is 0.341 e. The van der Waals surface area contributed by atoms with Crippen LogP contribution >= 0.6 is 0 Å². The summed E-state index contributed by atoms with van der Waals surface area (Å²) in [5, 5.41) is 13.3. The molecule has 0 saturated heterocycles. The normalized spacial score (nSPS) is 11.5. The first-order chi connectivity index (χ1) is 9.75. The minimum Gasteiger partial charge on any atom is -0.496 e. The van der Waals surface area contributed by atoms with Crippen molar-refractivity contribution in [3.05, 3.63) is 35.1 Å². The number of carboxylic acids is 1. The molecule has 0 unspecified atom stereocenters. The van der Waals surface area contributed by atoms with Gasteiger partial charge < -0.3 is 14.4 Å². The zero-order chi connectivity index (χ0) is 15.8. The first-order valence-corrected chi connectivity index (χ1v) is 6.64. The van der Waals surface area contributed by atoms with Crippen molar-refractivity contribution >= 4 is 5.97 Å². The molecular weight excluding hydrogens is 270 g/mol. The second-order valence-electron chi connectivity index (χ2n) is 5.93. The number of nitrogens with zero attached hydrogens (tertiary/aromatic N) is 1. The third-order valence-corrected chi connectivity index (χ3v) is 3.40. The van der Waals surface area contributed by atoms with E-state index >= 15 is 0 Å². The molecule has 0 atom stereocenters. The van der Waals surface area contributed by atoms with E-state index in [0.29, 0.717) is 17.0 Å². The van der Waals surface area contributed by atoms with Crippen LogP contribution in [-0.2, 0) is 5.41 Å². The lowest BCUT2D eigenvalue weighted by Gasteiger charge is -2.20. The highest BCUT2D eigenvalue weighted by atomic mass is 16.5. The maximum atomic E-state index is 11.4. The molecule has 1 N–H and O–H groups in total. The van der Waals surface area contributed by atoms with Gasteiger partial charge in [-0.3, -0.25) is 0 Å². The summed E-state index contributed by atoms with van der Waals surface area (Å²) in [7, 11) is 1.54. The molecule has 1 aromatic carbocycles. The van der Waals surface area contributed by atoms with E-state index < -0.39 is 5.97 Å². The van der Waals surface area contributed by atoms with Crippen LogP contribution < -0.4 is 4.74 Å². The van der Waals surface area contributed by atoms with Crippen molar-refractivity contribution in [2.24, 2.45) is 0 Å². The molecule has 0 bridgehead atoms. The third kappa shape index (κ3) is 2.77. The Bertz CT molecular complexity index is 680. The molecule has 112 valence electrons. The highest BCUT2D eigenvalue weighted by Gasteiger charge is 2.25. The van der Waals surface area contributed by atoms with Gasteiger partial charge in [-0.15, -0.1) is 0 Å². The fourth-order valence-electron chi connectivity index (χ4n) is 2.17. The first kappa shape index (κ1) is 15.1. The minimum atomic E-state index is -1.06. The van der Waals surface area contributed by atoms with Gasteiger partial charge in [0.05, 0.1) is 7.11 Å². The van der Waals surface area contributed by atoms with Crippen molar-refractivity contribution < 1.29 is 19.2 Å². The molecule has 0 spiro atoms. The minimum absolute atomic E-state index is 0.0663. The van der Waals surface area contributed by atoms with Crippen LogP contribution in [0.2, 0.25) is 0 Å². The second kappa shape index (κ2) is 5.24.